The number of aryl methyl sites for hydroxylation is 1. The second-order valence-corrected chi connectivity index (χ2v) is 5.83. The summed E-state index contributed by atoms with van der Waals surface area (Å²) in [7, 11) is 0. The molecule has 0 aliphatic heterocycles. The Morgan fingerprint density at radius 3 is 2.29 bits per heavy atom. The van der Waals surface area contributed by atoms with Crippen LogP contribution in [0.25, 0.3) is 10.8 Å². The Labute approximate surface area is 141 Å². The van der Waals surface area contributed by atoms with Gasteiger partial charge in [-0.1, -0.05) is 61.5 Å². The first-order valence-corrected chi connectivity index (χ1v) is 8.12. The summed E-state index contributed by atoms with van der Waals surface area (Å²) < 4.78 is 5.74. The van der Waals surface area contributed by atoms with Crippen molar-refractivity contribution in [3.63, 3.8) is 0 Å². The van der Waals surface area contributed by atoms with Crippen molar-refractivity contribution in [3.05, 3.63) is 77.9 Å². The highest BCUT2D eigenvalue weighted by molar-refractivity contribution is 5.84. The summed E-state index contributed by atoms with van der Waals surface area (Å²) in [6.07, 6.45) is 0.404. The fourth-order valence-electron chi connectivity index (χ4n) is 2.71. The topological polar surface area (TPSA) is 46.5 Å². The summed E-state index contributed by atoms with van der Waals surface area (Å²) in [5, 5.41) is 11.6. The van der Waals surface area contributed by atoms with Crippen molar-refractivity contribution in [2.45, 2.75) is 25.9 Å². The number of carbonyl (C=O) groups is 1. The lowest BCUT2D eigenvalue weighted by Gasteiger charge is -2.16. The molecule has 0 spiro atoms. The first kappa shape index (κ1) is 16.1. The minimum absolute atomic E-state index is 0.339. The summed E-state index contributed by atoms with van der Waals surface area (Å²) in [4.78, 5) is 11.6. The van der Waals surface area contributed by atoms with Gasteiger partial charge in [0.25, 0.3) is 0 Å². The van der Waals surface area contributed by atoms with E-state index in [0.717, 1.165) is 22.8 Å². The van der Waals surface area contributed by atoms with E-state index in [-0.39, 0.29) is 0 Å². The molecule has 3 rings (SSSR count). The third-order valence-corrected chi connectivity index (χ3v) is 4.13. The molecule has 3 nitrogen and oxygen atoms in total. The molecular weight excluding hydrogens is 300 g/mol. The third kappa shape index (κ3) is 3.74. The quantitative estimate of drug-likeness (QED) is 0.728. The van der Waals surface area contributed by atoms with Crippen molar-refractivity contribution in [1.29, 1.82) is 0 Å². The van der Waals surface area contributed by atoms with Crippen LogP contribution in [-0.2, 0) is 17.6 Å². The Morgan fingerprint density at radius 2 is 1.62 bits per heavy atom. The van der Waals surface area contributed by atoms with Crippen LogP contribution >= 0.6 is 0 Å². The predicted molar refractivity (Wildman–Crippen MR) is 95.5 cm³/mol. The van der Waals surface area contributed by atoms with Gasteiger partial charge in [0.05, 0.1) is 0 Å². The highest BCUT2D eigenvalue weighted by Crippen LogP contribution is 2.22. The molecule has 0 bridgehead atoms. The first-order chi connectivity index (χ1) is 11.7. The number of ether oxygens (including phenoxy) is 1. The monoisotopic (exact) mass is 320 g/mol. The van der Waals surface area contributed by atoms with Crippen LogP contribution in [0, 0.1) is 0 Å². The molecule has 1 N–H and O–H groups in total. The van der Waals surface area contributed by atoms with Gasteiger partial charge in [-0.15, -0.1) is 0 Å². The maximum Gasteiger partial charge on any atom is 0.345 e. The Kier molecular flexibility index (Phi) is 4.80. The molecule has 0 fully saturated rings. The van der Waals surface area contributed by atoms with Crippen molar-refractivity contribution in [1.82, 2.24) is 0 Å². The van der Waals surface area contributed by atoms with E-state index in [1.54, 1.807) is 0 Å². The van der Waals surface area contributed by atoms with Gasteiger partial charge in [-0.05, 0) is 40.5 Å². The third-order valence-electron chi connectivity index (χ3n) is 4.13. The van der Waals surface area contributed by atoms with Gasteiger partial charge >= 0.3 is 5.97 Å². The van der Waals surface area contributed by atoms with Crippen LogP contribution in [0.2, 0.25) is 0 Å². The standard InChI is InChI=1S/C21H20O3/c1-2-15-7-9-16(10-8-15)13-20(21(22)23)24-19-12-11-17-5-3-4-6-18(17)14-19/h3-12,14,20H,2,13H2,1H3,(H,22,23)/t20-/m1/s1. The van der Waals surface area contributed by atoms with Gasteiger partial charge in [0.2, 0.25) is 0 Å². The second-order valence-electron chi connectivity index (χ2n) is 5.83. The first-order valence-electron chi connectivity index (χ1n) is 8.12. The number of hydrogen-bond donors (Lipinski definition) is 1. The summed E-state index contributed by atoms with van der Waals surface area (Å²) in [5.41, 5.74) is 2.20. The number of carboxylic acids is 1. The normalized spacial score (nSPS) is 12.0. The van der Waals surface area contributed by atoms with Gasteiger partial charge < -0.3 is 9.84 Å². The van der Waals surface area contributed by atoms with Crippen LogP contribution in [0.1, 0.15) is 18.1 Å². The summed E-state index contributed by atoms with van der Waals surface area (Å²) in [5.74, 6) is -0.381. The maximum absolute atomic E-state index is 11.6. The molecule has 0 aliphatic rings. The van der Waals surface area contributed by atoms with Gasteiger partial charge in [0.1, 0.15) is 5.75 Å². The van der Waals surface area contributed by atoms with Gasteiger partial charge in [0, 0.05) is 6.42 Å². The average molecular weight is 320 g/mol. The molecule has 3 aromatic rings. The molecule has 1 atom stereocenters. The Morgan fingerprint density at radius 1 is 0.958 bits per heavy atom. The van der Waals surface area contributed by atoms with Crippen molar-refractivity contribution >= 4 is 16.7 Å². The van der Waals surface area contributed by atoms with Crippen LogP contribution in [0.3, 0.4) is 0 Å². The van der Waals surface area contributed by atoms with Gasteiger partial charge in [0.15, 0.2) is 6.10 Å². The van der Waals surface area contributed by atoms with E-state index < -0.39 is 12.1 Å². The summed E-state index contributed by atoms with van der Waals surface area (Å²) >= 11 is 0. The minimum atomic E-state index is -0.956. The van der Waals surface area contributed by atoms with Crippen molar-refractivity contribution in [2.24, 2.45) is 0 Å². The number of benzene rings is 3. The summed E-state index contributed by atoms with van der Waals surface area (Å²) in [6.45, 7) is 2.10. The van der Waals surface area contributed by atoms with Gasteiger partial charge in [-0.25, -0.2) is 4.79 Å². The lowest BCUT2D eigenvalue weighted by atomic mass is 10.0. The number of fused-ring (bicyclic) bond motifs is 1. The Balaban J connectivity index is 1.78. The zero-order chi connectivity index (χ0) is 16.9. The Bertz CT molecular complexity index is 837. The van der Waals surface area contributed by atoms with Crippen molar-refractivity contribution in [2.75, 3.05) is 0 Å². The Hall–Kier alpha value is -2.81. The van der Waals surface area contributed by atoms with Crippen LogP contribution in [-0.4, -0.2) is 17.2 Å². The van der Waals surface area contributed by atoms with Gasteiger partial charge in [-0.2, -0.15) is 0 Å². The minimum Gasteiger partial charge on any atom is -0.478 e. The fraction of sp³-hybridized carbons (Fsp3) is 0.190. The molecule has 0 saturated carbocycles. The smallest absolute Gasteiger partial charge is 0.345 e. The fourth-order valence-corrected chi connectivity index (χ4v) is 2.71. The maximum atomic E-state index is 11.6. The molecule has 3 heteroatoms. The molecule has 0 aliphatic carbocycles. The highest BCUT2D eigenvalue weighted by atomic mass is 16.5. The molecule has 0 saturated heterocycles. The van der Waals surface area contributed by atoms with E-state index in [1.807, 2.05) is 66.7 Å². The molecule has 122 valence electrons. The molecule has 24 heavy (non-hydrogen) atoms. The van der Waals surface area contributed by atoms with E-state index in [9.17, 15) is 9.90 Å². The van der Waals surface area contributed by atoms with Gasteiger partial charge in [-0.3, -0.25) is 0 Å². The molecule has 0 heterocycles. The molecule has 0 radical (unpaired) electrons. The van der Waals surface area contributed by atoms with E-state index in [0.29, 0.717) is 12.2 Å². The molecular formula is C21H20O3. The van der Waals surface area contributed by atoms with E-state index in [4.69, 9.17) is 4.74 Å². The van der Waals surface area contributed by atoms with Crippen LogP contribution in [0.15, 0.2) is 66.7 Å². The van der Waals surface area contributed by atoms with E-state index in [2.05, 4.69) is 6.92 Å². The molecule has 0 amide bonds. The zero-order valence-corrected chi connectivity index (χ0v) is 13.6. The predicted octanol–water partition coefficient (Wildman–Crippen LogP) is 4.48. The van der Waals surface area contributed by atoms with Crippen LogP contribution in [0.5, 0.6) is 5.75 Å². The van der Waals surface area contributed by atoms with E-state index in [1.165, 1.54) is 5.56 Å². The second kappa shape index (κ2) is 7.18. The SMILES string of the molecule is CCc1ccc(C[C@@H](Oc2ccc3ccccc3c2)C(=O)O)cc1. The van der Waals surface area contributed by atoms with E-state index >= 15 is 0 Å². The lowest BCUT2D eigenvalue weighted by Crippen LogP contribution is -2.29. The number of hydrogen-bond acceptors (Lipinski definition) is 2. The number of aliphatic carboxylic acids is 1. The molecule has 0 unspecified atom stereocenters. The highest BCUT2D eigenvalue weighted by Gasteiger charge is 2.20. The van der Waals surface area contributed by atoms with Crippen LogP contribution < -0.4 is 4.74 Å². The lowest BCUT2D eigenvalue weighted by molar-refractivity contribution is -0.145. The molecule has 0 aromatic heterocycles. The van der Waals surface area contributed by atoms with Crippen LogP contribution in [0.4, 0.5) is 0 Å². The summed E-state index contributed by atoms with van der Waals surface area (Å²) in [6, 6.07) is 21.6. The average Bonchev–Trinajstić information content (AvgIpc) is 2.61. The van der Waals surface area contributed by atoms with Crippen molar-refractivity contribution < 1.29 is 14.6 Å². The number of rotatable bonds is 6. The largest absolute Gasteiger partial charge is 0.478 e. The number of carboxylic acid groups (broad SMARTS) is 1. The van der Waals surface area contributed by atoms with Crippen molar-refractivity contribution in [3.8, 4) is 5.75 Å². The zero-order valence-electron chi connectivity index (χ0n) is 13.6. The molecule has 3 aromatic carbocycles.